The van der Waals surface area contributed by atoms with Gasteiger partial charge in [0, 0.05) is 0 Å². The van der Waals surface area contributed by atoms with Crippen molar-refractivity contribution in [2.75, 3.05) is 0 Å². The lowest BCUT2D eigenvalue weighted by Gasteiger charge is -2.23. The average molecular weight is 305 g/mol. The summed E-state index contributed by atoms with van der Waals surface area (Å²) in [6, 6.07) is 0. The smallest absolute Gasteiger partial charge is 0.0139 e. The SMILES string of the molecule is CCCCC=CCC(C)=C(C)C(CC=CC(C)CC)C(C)C. The molecule has 0 aromatic rings. The number of hydrogen-bond donors (Lipinski definition) is 0. The molecular weight excluding hydrogens is 264 g/mol. The zero-order chi connectivity index (χ0) is 17.0. The van der Waals surface area contributed by atoms with Gasteiger partial charge in [-0.3, -0.25) is 0 Å². The van der Waals surface area contributed by atoms with Gasteiger partial charge >= 0.3 is 0 Å². The van der Waals surface area contributed by atoms with Gasteiger partial charge in [0.25, 0.3) is 0 Å². The number of hydrogen-bond acceptors (Lipinski definition) is 0. The van der Waals surface area contributed by atoms with Gasteiger partial charge in [-0.15, -0.1) is 0 Å². The average Bonchev–Trinajstić information content (AvgIpc) is 2.49. The largest absolute Gasteiger partial charge is 0.0882 e. The molecule has 128 valence electrons. The van der Waals surface area contributed by atoms with Crippen LogP contribution in [0.1, 0.15) is 87.0 Å². The van der Waals surface area contributed by atoms with E-state index in [1.165, 1.54) is 32.1 Å². The molecule has 0 spiro atoms. The Morgan fingerprint density at radius 3 is 2.18 bits per heavy atom. The number of rotatable bonds is 11. The second-order valence-electron chi connectivity index (χ2n) is 7.18. The minimum atomic E-state index is 0.685. The third-order valence-electron chi connectivity index (χ3n) is 4.85. The second kappa shape index (κ2) is 12.7. The van der Waals surface area contributed by atoms with Crippen LogP contribution in [0.4, 0.5) is 0 Å². The molecule has 0 saturated heterocycles. The summed E-state index contributed by atoms with van der Waals surface area (Å²) in [6.07, 6.45) is 16.9. The van der Waals surface area contributed by atoms with Gasteiger partial charge in [0.1, 0.15) is 0 Å². The Labute approximate surface area is 140 Å². The van der Waals surface area contributed by atoms with Crippen LogP contribution in [-0.2, 0) is 0 Å². The molecule has 0 aromatic heterocycles. The van der Waals surface area contributed by atoms with E-state index in [4.69, 9.17) is 0 Å². The van der Waals surface area contributed by atoms with E-state index in [1.807, 2.05) is 0 Å². The van der Waals surface area contributed by atoms with Crippen LogP contribution in [0.25, 0.3) is 0 Å². The minimum Gasteiger partial charge on any atom is -0.0882 e. The third kappa shape index (κ3) is 9.28. The quantitative estimate of drug-likeness (QED) is 0.271. The topological polar surface area (TPSA) is 0 Å². The number of unbranched alkanes of at least 4 members (excludes halogenated alkanes) is 2. The molecule has 2 atom stereocenters. The summed E-state index contributed by atoms with van der Waals surface area (Å²) in [7, 11) is 0. The van der Waals surface area contributed by atoms with Crippen molar-refractivity contribution >= 4 is 0 Å². The lowest BCUT2D eigenvalue weighted by atomic mass is 9.83. The maximum absolute atomic E-state index is 2.41. The fraction of sp³-hybridized carbons (Fsp3) is 0.727. The predicted molar refractivity (Wildman–Crippen MR) is 103 cm³/mol. The molecule has 0 aliphatic carbocycles. The fourth-order valence-electron chi connectivity index (χ4n) is 2.72. The Balaban J connectivity index is 4.67. The normalized spacial score (nSPS) is 16.5. The molecular formula is C22H40. The highest BCUT2D eigenvalue weighted by molar-refractivity contribution is 5.17. The van der Waals surface area contributed by atoms with E-state index in [2.05, 4.69) is 72.8 Å². The van der Waals surface area contributed by atoms with E-state index in [0.29, 0.717) is 17.8 Å². The lowest BCUT2D eigenvalue weighted by Crippen LogP contribution is -2.11. The van der Waals surface area contributed by atoms with E-state index in [0.717, 1.165) is 6.42 Å². The van der Waals surface area contributed by atoms with Crippen molar-refractivity contribution in [3.63, 3.8) is 0 Å². The van der Waals surface area contributed by atoms with E-state index >= 15 is 0 Å². The summed E-state index contributed by atoms with van der Waals surface area (Å²) in [5.74, 6) is 2.10. The standard InChI is InChI=1S/C22H40/c1-8-10-11-12-13-16-20(6)21(7)22(18(3)4)17-14-15-19(5)9-2/h12-15,18-19,22H,8-11,16-17H2,1-7H3. The monoisotopic (exact) mass is 304 g/mol. The van der Waals surface area contributed by atoms with Crippen molar-refractivity contribution < 1.29 is 0 Å². The molecule has 0 rings (SSSR count). The Bertz CT molecular complexity index is 354. The molecule has 0 aromatic carbocycles. The van der Waals surface area contributed by atoms with E-state index in [-0.39, 0.29) is 0 Å². The zero-order valence-electron chi connectivity index (χ0n) is 16.3. The first kappa shape index (κ1) is 21.2. The Hall–Kier alpha value is -0.780. The summed E-state index contributed by atoms with van der Waals surface area (Å²) in [6.45, 7) is 16.2. The van der Waals surface area contributed by atoms with Crippen LogP contribution in [0.3, 0.4) is 0 Å². The van der Waals surface area contributed by atoms with Crippen molar-refractivity contribution in [1.29, 1.82) is 0 Å². The van der Waals surface area contributed by atoms with Gasteiger partial charge in [0.15, 0.2) is 0 Å². The highest BCUT2D eigenvalue weighted by Crippen LogP contribution is 2.28. The van der Waals surface area contributed by atoms with E-state index in [1.54, 1.807) is 11.1 Å². The molecule has 0 aliphatic heterocycles. The molecule has 0 N–H and O–H groups in total. The lowest BCUT2D eigenvalue weighted by molar-refractivity contribution is 0.442. The molecule has 0 nitrogen and oxygen atoms in total. The summed E-state index contributed by atoms with van der Waals surface area (Å²) in [5, 5.41) is 0. The molecule has 0 saturated carbocycles. The fourth-order valence-corrected chi connectivity index (χ4v) is 2.72. The van der Waals surface area contributed by atoms with Crippen LogP contribution >= 0.6 is 0 Å². The Morgan fingerprint density at radius 1 is 0.955 bits per heavy atom. The zero-order valence-corrected chi connectivity index (χ0v) is 16.3. The Morgan fingerprint density at radius 2 is 1.64 bits per heavy atom. The van der Waals surface area contributed by atoms with Crippen molar-refractivity contribution in [3.05, 3.63) is 35.5 Å². The third-order valence-corrected chi connectivity index (χ3v) is 4.85. The molecule has 0 aliphatic rings. The molecule has 0 bridgehead atoms. The maximum atomic E-state index is 2.41. The van der Waals surface area contributed by atoms with E-state index < -0.39 is 0 Å². The van der Waals surface area contributed by atoms with Crippen molar-refractivity contribution in [2.24, 2.45) is 17.8 Å². The van der Waals surface area contributed by atoms with Crippen LogP contribution in [0.2, 0.25) is 0 Å². The highest BCUT2D eigenvalue weighted by Gasteiger charge is 2.15. The van der Waals surface area contributed by atoms with Crippen LogP contribution in [0.5, 0.6) is 0 Å². The summed E-state index contributed by atoms with van der Waals surface area (Å²) >= 11 is 0. The molecule has 2 unspecified atom stereocenters. The van der Waals surface area contributed by atoms with Gasteiger partial charge in [0.2, 0.25) is 0 Å². The summed E-state index contributed by atoms with van der Waals surface area (Å²) in [5.41, 5.74) is 3.16. The second-order valence-corrected chi connectivity index (χ2v) is 7.18. The van der Waals surface area contributed by atoms with Gasteiger partial charge in [-0.1, -0.05) is 89.3 Å². The minimum absolute atomic E-state index is 0.685. The molecule has 0 amide bonds. The first-order valence-corrected chi connectivity index (χ1v) is 9.41. The van der Waals surface area contributed by atoms with Gasteiger partial charge in [-0.05, 0) is 50.9 Å². The molecule has 22 heavy (non-hydrogen) atoms. The summed E-state index contributed by atoms with van der Waals surface area (Å²) in [4.78, 5) is 0. The van der Waals surface area contributed by atoms with Crippen LogP contribution in [-0.4, -0.2) is 0 Å². The molecule has 0 heteroatoms. The summed E-state index contributed by atoms with van der Waals surface area (Å²) < 4.78 is 0. The van der Waals surface area contributed by atoms with Crippen molar-refractivity contribution in [2.45, 2.75) is 87.0 Å². The van der Waals surface area contributed by atoms with Crippen LogP contribution in [0.15, 0.2) is 35.5 Å². The first-order valence-electron chi connectivity index (χ1n) is 9.41. The highest BCUT2D eigenvalue weighted by atomic mass is 14.2. The van der Waals surface area contributed by atoms with Crippen molar-refractivity contribution in [3.8, 4) is 0 Å². The van der Waals surface area contributed by atoms with Crippen LogP contribution < -0.4 is 0 Å². The maximum Gasteiger partial charge on any atom is -0.0139 e. The van der Waals surface area contributed by atoms with Gasteiger partial charge in [-0.25, -0.2) is 0 Å². The van der Waals surface area contributed by atoms with Gasteiger partial charge < -0.3 is 0 Å². The number of allylic oxidation sites excluding steroid dienone is 6. The van der Waals surface area contributed by atoms with Crippen LogP contribution in [0, 0.1) is 17.8 Å². The first-order chi connectivity index (χ1) is 10.4. The van der Waals surface area contributed by atoms with Gasteiger partial charge in [-0.2, -0.15) is 0 Å². The predicted octanol–water partition coefficient (Wildman–Crippen LogP) is 7.72. The molecule has 0 fully saturated rings. The van der Waals surface area contributed by atoms with Gasteiger partial charge in [0.05, 0.1) is 0 Å². The Kier molecular flexibility index (Phi) is 12.3. The van der Waals surface area contributed by atoms with Crippen molar-refractivity contribution in [1.82, 2.24) is 0 Å². The van der Waals surface area contributed by atoms with E-state index in [9.17, 15) is 0 Å². The molecule has 0 heterocycles. The molecule has 0 radical (unpaired) electrons.